The number of carbonyl (C=O) groups is 2. The number of hydrogen-bond acceptors (Lipinski definition) is 5. The number of benzene rings is 2. The Balaban J connectivity index is 1.10. The van der Waals surface area contributed by atoms with Gasteiger partial charge in [0.15, 0.2) is 11.5 Å². The lowest BCUT2D eigenvalue weighted by Crippen LogP contribution is -2.50. The largest absolute Gasteiger partial charge is 0.493 e. The van der Waals surface area contributed by atoms with Crippen LogP contribution in [0.25, 0.3) is 22.2 Å². The summed E-state index contributed by atoms with van der Waals surface area (Å²) in [5, 5.41) is 1.27. The number of nitrogens with zero attached hydrogens (tertiary/aromatic N) is 3. The third-order valence-corrected chi connectivity index (χ3v) is 10.9. The zero-order valence-corrected chi connectivity index (χ0v) is 28.6. The van der Waals surface area contributed by atoms with Crippen molar-refractivity contribution < 1.29 is 19.1 Å². The molecule has 0 radical (unpaired) electrons. The van der Waals surface area contributed by atoms with E-state index in [1.54, 1.807) is 14.2 Å². The number of carbonyl (C=O) groups excluding carboxylic acids is 2. The van der Waals surface area contributed by atoms with E-state index in [0.29, 0.717) is 42.9 Å². The zero-order valence-electron chi connectivity index (χ0n) is 28.6. The first kappa shape index (κ1) is 32.4. The van der Waals surface area contributed by atoms with Crippen molar-refractivity contribution in [3.8, 4) is 22.8 Å². The topological polar surface area (TPSA) is 78.1 Å². The van der Waals surface area contributed by atoms with Crippen LogP contribution >= 0.6 is 0 Å². The molecule has 0 bridgehead atoms. The summed E-state index contributed by atoms with van der Waals surface area (Å²) in [5.74, 6) is 2.71. The van der Waals surface area contributed by atoms with E-state index in [1.807, 2.05) is 12.1 Å². The average molecular weight is 629 g/mol. The lowest BCUT2D eigenvalue weighted by atomic mass is 9.87. The molecule has 8 heteroatoms. The number of likely N-dealkylation sites (tertiary alicyclic amines) is 3. The molecule has 8 nitrogen and oxygen atoms in total. The molecule has 0 aliphatic carbocycles. The van der Waals surface area contributed by atoms with Crippen LogP contribution in [0.4, 0.5) is 0 Å². The van der Waals surface area contributed by atoms with Gasteiger partial charge in [0.25, 0.3) is 0 Å². The van der Waals surface area contributed by atoms with Crippen LogP contribution in [0.5, 0.6) is 11.5 Å². The molecule has 3 saturated heterocycles. The Morgan fingerprint density at radius 1 is 0.891 bits per heavy atom. The second kappa shape index (κ2) is 13.7. The summed E-state index contributed by atoms with van der Waals surface area (Å²) in [5.41, 5.74) is 5.99. The van der Waals surface area contributed by atoms with Gasteiger partial charge < -0.3 is 24.3 Å². The van der Waals surface area contributed by atoms with Crippen LogP contribution in [0.15, 0.2) is 36.4 Å². The number of amides is 2. The van der Waals surface area contributed by atoms with Gasteiger partial charge in [0, 0.05) is 48.2 Å². The molecule has 2 unspecified atom stereocenters. The highest BCUT2D eigenvalue weighted by Crippen LogP contribution is 2.40. The number of aromatic amines is 1. The van der Waals surface area contributed by atoms with E-state index in [2.05, 4.69) is 71.6 Å². The third kappa shape index (κ3) is 6.38. The zero-order chi connectivity index (χ0) is 32.5. The van der Waals surface area contributed by atoms with Crippen LogP contribution in [0.2, 0.25) is 0 Å². The summed E-state index contributed by atoms with van der Waals surface area (Å²) < 4.78 is 11.1. The Hall–Kier alpha value is -3.52. The maximum absolute atomic E-state index is 13.4. The molecule has 1 N–H and O–H groups in total. The predicted molar refractivity (Wildman–Crippen MR) is 184 cm³/mol. The molecule has 3 aliphatic heterocycles. The SMILES string of the molecule is COc1ccc(-c2[nH]c3ccc(C4CCN(C(=O)CN5CCC[C@H](C(=O)N6C(C)CCC6C)C5)CC4)cc3c2C(C)C)cc1OC. The Labute approximate surface area is 274 Å². The minimum atomic E-state index is 0.0154. The molecule has 248 valence electrons. The Morgan fingerprint density at radius 2 is 1.61 bits per heavy atom. The fourth-order valence-electron chi connectivity index (χ4n) is 8.30. The van der Waals surface area contributed by atoms with E-state index in [1.165, 1.54) is 16.5 Å². The average Bonchev–Trinajstić information content (AvgIpc) is 3.62. The molecule has 2 aromatic carbocycles. The normalized spacial score (nSPS) is 23.0. The highest BCUT2D eigenvalue weighted by atomic mass is 16.5. The summed E-state index contributed by atoms with van der Waals surface area (Å²) >= 11 is 0. The van der Waals surface area contributed by atoms with Gasteiger partial charge in [-0.3, -0.25) is 14.5 Å². The number of aromatic nitrogens is 1. The van der Waals surface area contributed by atoms with Crippen molar-refractivity contribution in [1.29, 1.82) is 0 Å². The number of H-pyrrole nitrogens is 1. The van der Waals surface area contributed by atoms with Crippen molar-refractivity contribution >= 4 is 22.7 Å². The van der Waals surface area contributed by atoms with Crippen LogP contribution in [-0.2, 0) is 9.59 Å². The predicted octanol–water partition coefficient (Wildman–Crippen LogP) is 6.79. The van der Waals surface area contributed by atoms with Gasteiger partial charge in [0.1, 0.15) is 0 Å². The number of ether oxygens (including phenoxy) is 2. The maximum Gasteiger partial charge on any atom is 0.236 e. The summed E-state index contributed by atoms with van der Waals surface area (Å²) in [7, 11) is 3.33. The van der Waals surface area contributed by atoms with Crippen LogP contribution in [0, 0.1) is 5.92 Å². The molecule has 3 atom stereocenters. The highest BCUT2D eigenvalue weighted by molar-refractivity contribution is 5.92. The van der Waals surface area contributed by atoms with Crippen molar-refractivity contribution in [1.82, 2.24) is 19.7 Å². The highest BCUT2D eigenvalue weighted by Gasteiger charge is 2.37. The second-order valence-corrected chi connectivity index (χ2v) is 14.2. The van der Waals surface area contributed by atoms with Crippen LogP contribution in [-0.4, -0.2) is 90.5 Å². The summed E-state index contributed by atoms with van der Waals surface area (Å²) in [4.78, 5) is 36.9. The van der Waals surface area contributed by atoms with Gasteiger partial charge in [0.05, 0.1) is 32.4 Å². The first-order valence-corrected chi connectivity index (χ1v) is 17.4. The monoisotopic (exact) mass is 628 g/mol. The lowest BCUT2D eigenvalue weighted by Gasteiger charge is -2.38. The molecule has 1 aromatic heterocycles. The molecule has 0 spiro atoms. The first-order chi connectivity index (χ1) is 22.2. The van der Waals surface area contributed by atoms with Crippen LogP contribution in [0.1, 0.15) is 89.2 Å². The van der Waals surface area contributed by atoms with Crippen LogP contribution < -0.4 is 9.47 Å². The number of nitrogens with one attached hydrogen (secondary N) is 1. The molecule has 2 amide bonds. The van der Waals surface area contributed by atoms with Gasteiger partial charge in [-0.1, -0.05) is 19.9 Å². The number of fused-ring (bicyclic) bond motifs is 1. The second-order valence-electron chi connectivity index (χ2n) is 14.2. The summed E-state index contributed by atoms with van der Waals surface area (Å²) in [6, 6.07) is 13.6. The van der Waals surface area contributed by atoms with E-state index in [4.69, 9.17) is 9.47 Å². The van der Waals surface area contributed by atoms with Gasteiger partial charge >= 0.3 is 0 Å². The lowest BCUT2D eigenvalue weighted by molar-refractivity contribution is -0.141. The molecular weight excluding hydrogens is 576 g/mol. The Morgan fingerprint density at radius 3 is 2.28 bits per heavy atom. The molecular formula is C38H52N4O4. The number of rotatable bonds is 8. The first-order valence-electron chi connectivity index (χ1n) is 17.4. The van der Waals surface area contributed by atoms with E-state index in [-0.39, 0.29) is 11.8 Å². The van der Waals surface area contributed by atoms with Gasteiger partial charge in [-0.25, -0.2) is 0 Å². The smallest absolute Gasteiger partial charge is 0.236 e. The molecule has 4 heterocycles. The van der Waals surface area contributed by atoms with Gasteiger partial charge in [-0.15, -0.1) is 0 Å². The third-order valence-electron chi connectivity index (χ3n) is 10.9. The van der Waals surface area contributed by atoms with E-state index in [9.17, 15) is 9.59 Å². The standard InChI is InChI=1S/C38H52N4O4/c1-24(2)36-31-20-28(11-13-32(31)39-37(36)29-12-14-33(45-5)34(21-29)46-6)27-15-18-41(19-16-27)35(43)23-40-17-7-8-30(22-40)38(44)42-25(3)9-10-26(42)4/h11-14,20-21,24-27,30,39H,7-10,15-19,22-23H2,1-6H3/t25?,26?,30-/m0/s1. The van der Waals surface area contributed by atoms with Crippen LogP contribution in [0.3, 0.4) is 0 Å². The van der Waals surface area contributed by atoms with E-state index in [0.717, 1.165) is 86.4 Å². The molecule has 3 fully saturated rings. The van der Waals surface area contributed by atoms with Crippen molar-refractivity contribution in [3.05, 3.63) is 47.5 Å². The molecule has 3 aliphatic rings. The fraction of sp³-hybridized carbons (Fsp3) is 0.579. The molecule has 46 heavy (non-hydrogen) atoms. The Bertz CT molecular complexity index is 1550. The minimum Gasteiger partial charge on any atom is -0.493 e. The molecule has 3 aromatic rings. The fourth-order valence-corrected chi connectivity index (χ4v) is 8.30. The number of hydrogen-bond donors (Lipinski definition) is 1. The van der Waals surface area contributed by atoms with Crippen molar-refractivity contribution in [2.24, 2.45) is 5.92 Å². The van der Waals surface area contributed by atoms with E-state index < -0.39 is 0 Å². The number of piperidine rings is 2. The van der Waals surface area contributed by atoms with Gasteiger partial charge in [0.2, 0.25) is 11.8 Å². The summed E-state index contributed by atoms with van der Waals surface area (Å²) in [6.45, 7) is 12.4. The van der Waals surface area contributed by atoms with E-state index >= 15 is 0 Å². The van der Waals surface area contributed by atoms with Gasteiger partial charge in [-0.2, -0.15) is 0 Å². The molecule has 6 rings (SSSR count). The minimum absolute atomic E-state index is 0.0154. The maximum atomic E-state index is 13.4. The number of methoxy groups -OCH3 is 2. The van der Waals surface area contributed by atoms with Crippen molar-refractivity contribution in [3.63, 3.8) is 0 Å². The van der Waals surface area contributed by atoms with Crippen molar-refractivity contribution in [2.45, 2.75) is 90.1 Å². The quantitative estimate of drug-likeness (QED) is 0.297. The summed E-state index contributed by atoms with van der Waals surface area (Å²) in [6.07, 6.45) is 6.03. The Kier molecular flexibility index (Phi) is 9.64. The molecule has 0 saturated carbocycles. The van der Waals surface area contributed by atoms with Crippen molar-refractivity contribution in [2.75, 3.05) is 46.9 Å². The van der Waals surface area contributed by atoms with Gasteiger partial charge in [-0.05, 0) is 112 Å².